The van der Waals surface area contributed by atoms with Gasteiger partial charge in [-0.15, -0.1) is 11.3 Å². The van der Waals surface area contributed by atoms with Crippen molar-refractivity contribution in [3.8, 4) is 0 Å². The van der Waals surface area contributed by atoms with Crippen LogP contribution in [0.1, 0.15) is 45.8 Å². The number of carbonyl (C=O) groups excluding carboxylic acids is 1. The van der Waals surface area contributed by atoms with Crippen LogP contribution in [0.4, 0.5) is 0 Å². The van der Waals surface area contributed by atoms with E-state index in [1.807, 2.05) is 0 Å². The van der Waals surface area contributed by atoms with Crippen molar-refractivity contribution in [1.82, 2.24) is 10.6 Å². The standard InChI is InChI=1S/C13H18N2OS/c16-13(15-10-3-1-2-4-10)12-7-9-8-14-6-5-11(9)17-12/h7,10,14H,1-6,8H2,(H,15,16). The van der Waals surface area contributed by atoms with Crippen molar-refractivity contribution in [1.29, 1.82) is 0 Å². The van der Waals surface area contributed by atoms with Crippen molar-refractivity contribution < 1.29 is 4.79 Å². The monoisotopic (exact) mass is 250 g/mol. The topological polar surface area (TPSA) is 41.1 Å². The number of carbonyl (C=O) groups is 1. The van der Waals surface area contributed by atoms with Gasteiger partial charge in [-0.1, -0.05) is 12.8 Å². The molecule has 2 N–H and O–H groups in total. The molecule has 0 unspecified atom stereocenters. The van der Waals surface area contributed by atoms with Gasteiger partial charge in [-0.3, -0.25) is 4.79 Å². The van der Waals surface area contributed by atoms with Gasteiger partial charge in [-0.25, -0.2) is 0 Å². The van der Waals surface area contributed by atoms with Crippen LogP contribution in [0.3, 0.4) is 0 Å². The molecule has 0 bridgehead atoms. The fourth-order valence-corrected chi connectivity index (χ4v) is 3.78. The molecular formula is C13H18N2OS. The summed E-state index contributed by atoms with van der Waals surface area (Å²) < 4.78 is 0. The second kappa shape index (κ2) is 4.78. The Balaban J connectivity index is 1.70. The molecule has 0 atom stereocenters. The van der Waals surface area contributed by atoms with E-state index in [-0.39, 0.29) is 5.91 Å². The molecule has 1 saturated carbocycles. The Morgan fingerprint density at radius 3 is 3.00 bits per heavy atom. The third-order valence-electron chi connectivity index (χ3n) is 3.66. The summed E-state index contributed by atoms with van der Waals surface area (Å²) in [7, 11) is 0. The molecule has 0 spiro atoms. The van der Waals surface area contributed by atoms with Gasteiger partial charge >= 0.3 is 0 Å². The van der Waals surface area contributed by atoms with Crippen molar-refractivity contribution in [2.45, 2.75) is 44.7 Å². The van der Waals surface area contributed by atoms with Crippen LogP contribution >= 0.6 is 11.3 Å². The van der Waals surface area contributed by atoms with E-state index in [4.69, 9.17) is 0 Å². The molecule has 0 saturated heterocycles. The summed E-state index contributed by atoms with van der Waals surface area (Å²) >= 11 is 1.67. The Kier molecular flexibility index (Phi) is 3.16. The molecule has 92 valence electrons. The highest BCUT2D eigenvalue weighted by atomic mass is 32.1. The van der Waals surface area contributed by atoms with Crippen molar-refractivity contribution in [2.75, 3.05) is 6.54 Å². The van der Waals surface area contributed by atoms with E-state index >= 15 is 0 Å². The highest BCUT2D eigenvalue weighted by molar-refractivity contribution is 7.14. The number of thiophene rings is 1. The van der Waals surface area contributed by atoms with Crippen LogP contribution in [0.15, 0.2) is 6.07 Å². The molecule has 3 nitrogen and oxygen atoms in total. The van der Waals surface area contributed by atoms with Gasteiger partial charge in [0.2, 0.25) is 0 Å². The predicted octanol–water partition coefficient (Wildman–Crippen LogP) is 2.07. The molecule has 2 heterocycles. The van der Waals surface area contributed by atoms with Gasteiger partial charge in [0, 0.05) is 24.0 Å². The zero-order valence-electron chi connectivity index (χ0n) is 9.92. The first-order valence-corrected chi connectivity index (χ1v) is 7.28. The van der Waals surface area contributed by atoms with Crippen molar-refractivity contribution in [3.05, 3.63) is 21.4 Å². The minimum Gasteiger partial charge on any atom is -0.349 e. The fraction of sp³-hybridized carbons (Fsp3) is 0.615. The summed E-state index contributed by atoms with van der Waals surface area (Å²) in [6, 6.07) is 2.48. The highest BCUT2D eigenvalue weighted by Gasteiger charge is 2.21. The first kappa shape index (κ1) is 11.2. The maximum absolute atomic E-state index is 12.1. The molecule has 4 heteroatoms. The summed E-state index contributed by atoms with van der Waals surface area (Å²) in [5.74, 6) is 0.135. The largest absolute Gasteiger partial charge is 0.349 e. The van der Waals surface area contributed by atoms with Gasteiger partial charge in [0.1, 0.15) is 0 Å². The van der Waals surface area contributed by atoms with E-state index in [9.17, 15) is 4.79 Å². The van der Waals surface area contributed by atoms with Gasteiger partial charge in [-0.2, -0.15) is 0 Å². The number of hydrogen-bond acceptors (Lipinski definition) is 3. The molecule has 3 rings (SSSR count). The molecule has 1 amide bonds. The van der Waals surface area contributed by atoms with E-state index in [1.165, 1.54) is 23.3 Å². The average Bonchev–Trinajstić information content (AvgIpc) is 2.96. The van der Waals surface area contributed by atoms with Crippen LogP contribution in [0.25, 0.3) is 0 Å². The molecular weight excluding hydrogens is 232 g/mol. The van der Waals surface area contributed by atoms with Crippen LogP contribution in [-0.4, -0.2) is 18.5 Å². The quantitative estimate of drug-likeness (QED) is 0.843. The Morgan fingerprint density at radius 1 is 1.41 bits per heavy atom. The van der Waals surface area contributed by atoms with Gasteiger partial charge in [0.25, 0.3) is 5.91 Å². The Labute approximate surface area is 106 Å². The molecule has 1 fully saturated rings. The van der Waals surface area contributed by atoms with Gasteiger partial charge in [0.05, 0.1) is 4.88 Å². The van der Waals surface area contributed by atoms with Gasteiger partial charge < -0.3 is 10.6 Å². The first-order chi connectivity index (χ1) is 8.33. The SMILES string of the molecule is O=C(NC1CCCC1)c1cc2c(s1)CCNC2. The lowest BCUT2D eigenvalue weighted by Crippen LogP contribution is -2.31. The fourth-order valence-electron chi connectivity index (χ4n) is 2.69. The van der Waals surface area contributed by atoms with E-state index < -0.39 is 0 Å². The maximum atomic E-state index is 12.1. The average molecular weight is 250 g/mol. The minimum absolute atomic E-state index is 0.135. The normalized spacial score (nSPS) is 20.2. The van der Waals surface area contributed by atoms with Crippen LogP contribution in [0, 0.1) is 0 Å². The lowest BCUT2D eigenvalue weighted by atomic mass is 10.1. The van der Waals surface area contributed by atoms with Gasteiger partial charge in [-0.05, 0) is 30.9 Å². The minimum atomic E-state index is 0.135. The van der Waals surface area contributed by atoms with E-state index in [1.54, 1.807) is 11.3 Å². The third-order valence-corrected chi connectivity index (χ3v) is 4.89. The summed E-state index contributed by atoms with van der Waals surface area (Å²) in [6.07, 6.45) is 5.89. The van der Waals surface area contributed by atoms with Crippen molar-refractivity contribution >= 4 is 17.2 Å². The summed E-state index contributed by atoms with van der Waals surface area (Å²) in [4.78, 5) is 14.4. The second-order valence-corrected chi connectivity index (χ2v) is 6.08. The summed E-state index contributed by atoms with van der Waals surface area (Å²) in [6.45, 7) is 1.96. The van der Waals surface area contributed by atoms with Gasteiger partial charge in [0.15, 0.2) is 0 Å². The Bertz CT molecular complexity index is 398. The smallest absolute Gasteiger partial charge is 0.261 e. The number of amides is 1. The molecule has 0 radical (unpaired) electrons. The molecule has 1 aromatic rings. The Morgan fingerprint density at radius 2 is 2.24 bits per heavy atom. The molecule has 1 aliphatic carbocycles. The van der Waals surface area contributed by atoms with E-state index in [0.29, 0.717) is 6.04 Å². The maximum Gasteiger partial charge on any atom is 0.261 e. The molecule has 1 aromatic heterocycles. The molecule has 2 aliphatic rings. The van der Waals surface area contributed by atoms with Crippen molar-refractivity contribution in [2.24, 2.45) is 0 Å². The number of fused-ring (bicyclic) bond motifs is 1. The van der Waals surface area contributed by atoms with E-state index in [0.717, 1.165) is 37.2 Å². The van der Waals surface area contributed by atoms with Crippen molar-refractivity contribution in [3.63, 3.8) is 0 Å². The highest BCUT2D eigenvalue weighted by Crippen LogP contribution is 2.26. The molecule has 0 aromatic carbocycles. The summed E-state index contributed by atoms with van der Waals surface area (Å²) in [5.41, 5.74) is 1.32. The number of rotatable bonds is 2. The van der Waals surface area contributed by atoms with Crippen LogP contribution in [-0.2, 0) is 13.0 Å². The second-order valence-electron chi connectivity index (χ2n) is 4.94. The number of hydrogen-bond donors (Lipinski definition) is 2. The van der Waals surface area contributed by atoms with Crippen LogP contribution in [0.5, 0.6) is 0 Å². The van der Waals surface area contributed by atoms with E-state index in [2.05, 4.69) is 16.7 Å². The first-order valence-electron chi connectivity index (χ1n) is 6.46. The lowest BCUT2D eigenvalue weighted by Gasteiger charge is -2.10. The zero-order valence-corrected chi connectivity index (χ0v) is 10.7. The predicted molar refractivity (Wildman–Crippen MR) is 69.5 cm³/mol. The molecule has 17 heavy (non-hydrogen) atoms. The number of nitrogens with one attached hydrogen (secondary N) is 2. The lowest BCUT2D eigenvalue weighted by molar-refractivity contribution is 0.0942. The summed E-state index contributed by atoms with van der Waals surface area (Å²) in [5, 5.41) is 6.50. The Hall–Kier alpha value is -0.870. The molecule has 1 aliphatic heterocycles. The van der Waals surface area contributed by atoms with Crippen LogP contribution < -0.4 is 10.6 Å². The zero-order chi connectivity index (χ0) is 11.7. The third kappa shape index (κ3) is 2.38. The van der Waals surface area contributed by atoms with Crippen LogP contribution in [0.2, 0.25) is 0 Å².